The first-order valence-electron chi connectivity index (χ1n) is 8.93. The van der Waals surface area contributed by atoms with Gasteiger partial charge in [0.1, 0.15) is 11.6 Å². The molecule has 0 aliphatic carbocycles. The Hall–Kier alpha value is -3.06. The molecule has 0 saturated carbocycles. The number of nitrogens with one attached hydrogen (secondary N) is 2. The first kappa shape index (κ1) is 19.7. The second kappa shape index (κ2) is 8.31. The molecule has 1 heterocycles. The number of hydrogen-bond donors (Lipinski definition) is 2. The van der Waals surface area contributed by atoms with Crippen LogP contribution >= 0.6 is 0 Å². The van der Waals surface area contributed by atoms with Crippen LogP contribution in [0.3, 0.4) is 0 Å². The zero-order chi connectivity index (χ0) is 20.1. The summed E-state index contributed by atoms with van der Waals surface area (Å²) in [4.78, 5) is 4.35. The van der Waals surface area contributed by atoms with E-state index in [9.17, 15) is 8.42 Å². The van der Waals surface area contributed by atoms with Gasteiger partial charge in [-0.3, -0.25) is 4.72 Å². The van der Waals surface area contributed by atoms with Crippen LogP contribution in [0.15, 0.2) is 65.7 Å². The van der Waals surface area contributed by atoms with Gasteiger partial charge in [-0.2, -0.15) is 0 Å². The molecule has 0 bridgehead atoms. The maximum atomic E-state index is 12.5. The highest BCUT2D eigenvalue weighted by Gasteiger charge is 2.15. The molecule has 3 aromatic rings. The molecule has 2 aromatic carbocycles. The van der Waals surface area contributed by atoms with Gasteiger partial charge >= 0.3 is 0 Å². The van der Waals surface area contributed by atoms with Crippen LogP contribution in [-0.2, 0) is 10.0 Å². The Morgan fingerprint density at radius 2 is 1.61 bits per heavy atom. The third-order valence-corrected chi connectivity index (χ3v) is 5.33. The zero-order valence-corrected chi connectivity index (χ0v) is 16.9. The highest BCUT2D eigenvalue weighted by molar-refractivity contribution is 7.92. The number of nitrogens with zero attached hydrogens (tertiary/aromatic N) is 1. The summed E-state index contributed by atoms with van der Waals surface area (Å²) in [7, 11) is -3.72. The van der Waals surface area contributed by atoms with Crippen molar-refractivity contribution in [2.24, 2.45) is 0 Å². The monoisotopic (exact) mass is 397 g/mol. The maximum absolute atomic E-state index is 12.5. The average Bonchev–Trinajstić information content (AvgIpc) is 2.63. The van der Waals surface area contributed by atoms with Crippen LogP contribution in [0.5, 0.6) is 5.75 Å². The van der Waals surface area contributed by atoms with Crippen molar-refractivity contribution in [3.05, 3.63) is 71.9 Å². The first-order chi connectivity index (χ1) is 13.4. The van der Waals surface area contributed by atoms with E-state index in [-0.39, 0.29) is 10.7 Å². The van der Waals surface area contributed by atoms with E-state index in [1.54, 1.807) is 30.5 Å². The van der Waals surface area contributed by atoms with Crippen molar-refractivity contribution in [1.82, 2.24) is 4.98 Å². The lowest BCUT2D eigenvalue weighted by Crippen LogP contribution is -2.13. The molecule has 3 rings (SSSR count). The van der Waals surface area contributed by atoms with Crippen LogP contribution in [0.2, 0.25) is 0 Å². The number of hydrogen-bond acceptors (Lipinski definition) is 5. The molecule has 0 spiro atoms. The van der Waals surface area contributed by atoms with Gasteiger partial charge in [-0.15, -0.1) is 0 Å². The normalized spacial score (nSPS) is 11.1. The quantitative estimate of drug-likeness (QED) is 0.607. The van der Waals surface area contributed by atoms with Crippen LogP contribution < -0.4 is 14.8 Å². The molecule has 0 radical (unpaired) electrons. The number of benzene rings is 2. The van der Waals surface area contributed by atoms with Crippen LogP contribution in [-0.4, -0.2) is 20.0 Å². The van der Waals surface area contributed by atoms with E-state index >= 15 is 0 Å². The van der Waals surface area contributed by atoms with Gasteiger partial charge in [0.05, 0.1) is 23.4 Å². The third kappa shape index (κ3) is 5.01. The molecule has 1 aromatic heterocycles. The fraction of sp³-hybridized carbons (Fsp3) is 0.190. The summed E-state index contributed by atoms with van der Waals surface area (Å²) < 4.78 is 32.8. The lowest BCUT2D eigenvalue weighted by Gasteiger charge is -2.11. The predicted octanol–water partition coefficient (Wildman–Crippen LogP) is 4.64. The van der Waals surface area contributed by atoms with Crippen molar-refractivity contribution in [3.8, 4) is 5.75 Å². The molecule has 0 saturated heterocycles. The molecular weight excluding hydrogens is 374 g/mol. The summed E-state index contributed by atoms with van der Waals surface area (Å²) in [5.41, 5.74) is 4.06. The number of aromatic nitrogens is 1. The minimum absolute atomic E-state index is 0.148. The topological polar surface area (TPSA) is 80.3 Å². The van der Waals surface area contributed by atoms with Gasteiger partial charge in [-0.25, -0.2) is 13.4 Å². The molecule has 0 fully saturated rings. The zero-order valence-electron chi connectivity index (χ0n) is 16.1. The minimum atomic E-state index is -3.72. The molecule has 0 aliphatic rings. The van der Waals surface area contributed by atoms with Crippen molar-refractivity contribution in [1.29, 1.82) is 0 Å². The number of ether oxygens (including phenoxy) is 1. The summed E-state index contributed by atoms with van der Waals surface area (Å²) >= 11 is 0. The molecule has 0 amide bonds. The van der Waals surface area contributed by atoms with E-state index in [4.69, 9.17) is 4.74 Å². The fourth-order valence-electron chi connectivity index (χ4n) is 2.82. The van der Waals surface area contributed by atoms with E-state index in [1.165, 1.54) is 12.1 Å². The van der Waals surface area contributed by atoms with Crippen molar-refractivity contribution in [3.63, 3.8) is 0 Å². The smallest absolute Gasteiger partial charge is 0.263 e. The Kier molecular flexibility index (Phi) is 5.84. The highest BCUT2D eigenvalue weighted by Crippen LogP contribution is 2.22. The summed E-state index contributed by atoms with van der Waals surface area (Å²) in [6.45, 7) is 6.47. The van der Waals surface area contributed by atoms with Crippen molar-refractivity contribution in [2.75, 3.05) is 16.6 Å². The Labute approximate surface area is 165 Å². The summed E-state index contributed by atoms with van der Waals surface area (Å²) in [6.07, 6.45) is 1.59. The van der Waals surface area contributed by atoms with Gasteiger partial charge in [0.2, 0.25) is 0 Å². The summed E-state index contributed by atoms with van der Waals surface area (Å²) in [5, 5.41) is 3.27. The Morgan fingerprint density at radius 3 is 2.18 bits per heavy atom. The van der Waals surface area contributed by atoms with Crippen molar-refractivity contribution in [2.45, 2.75) is 25.7 Å². The second-order valence-corrected chi connectivity index (χ2v) is 8.13. The van der Waals surface area contributed by atoms with Crippen LogP contribution in [0.25, 0.3) is 0 Å². The van der Waals surface area contributed by atoms with Crippen LogP contribution in [0.4, 0.5) is 17.2 Å². The number of rotatable bonds is 7. The van der Waals surface area contributed by atoms with Gasteiger partial charge in [0.25, 0.3) is 10.0 Å². The molecule has 0 aliphatic heterocycles. The van der Waals surface area contributed by atoms with Crippen molar-refractivity contribution < 1.29 is 13.2 Å². The SMILES string of the molecule is CCOc1ccc(S(=O)(=O)Nc2ccc(Nc3cc(C)cc(C)c3)cn2)cc1. The number of pyridine rings is 1. The lowest BCUT2D eigenvalue weighted by molar-refractivity contribution is 0.340. The minimum Gasteiger partial charge on any atom is -0.494 e. The second-order valence-electron chi connectivity index (χ2n) is 6.44. The van der Waals surface area contributed by atoms with E-state index in [1.807, 2.05) is 32.9 Å². The Bertz CT molecular complexity index is 1030. The number of aryl methyl sites for hydroxylation is 2. The molecule has 146 valence electrons. The Balaban J connectivity index is 1.70. The third-order valence-electron chi connectivity index (χ3n) is 3.96. The van der Waals surface area contributed by atoms with Gasteiger partial charge in [0, 0.05) is 5.69 Å². The van der Waals surface area contributed by atoms with Crippen LogP contribution in [0, 0.1) is 13.8 Å². The molecule has 7 heteroatoms. The molecule has 2 N–H and O–H groups in total. The van der Waals surface area contributed by atoms with Crippen LogP contribution in [0.1, 0.15) is 18.1 Å². The summed E-state index contributed by atoms with van der Waals surface area (Å²) in [5.74, 6) is 0.876. The van der Waals surface area contributed by atoms with E-state index in [0.29, 0.717) is 12.4 Å². The highest BCUT2D eigenvalue weighted by atomic mass is 32.2. The van der Waals surface area contributed by atoms with E-state index < -0.39 is 10.0 Å². The van der Waals surface area contributed by atoms with Gasteiger partial charge < -0.3 is 10.1 Å². The molecule has 0 unspecified atom stereocenters. The molecule has 28 heavy (non-hydrogen) atoms. The standard InChI is InChI=1S/C21H23N3O3S/c1-4-27-19-6-8-20(9-7-19)28(25,26)24-21-10-5-17(14-22-21)23-18-12-15(2)11-16(3)13-18/h5-14,23H,4H2,1-3H3,(H,22,24). The largest absolute Gasteiger partial charge is 0.494 e. The van der Waals surface area contributed by atoms with E-state index in [0.717, 1.165) is 22.5 Å². The number of anilines is 3. The van der Waals surface area contributed by atoms with Gasteiger partial charge in [-0.05, 0) is 80.4 Å². The first-order valence-corrected chi connectivity index (χ1v) is 10.4. The van der Waals surface area contributed by atoms with Gasteiger partial charge in [-0.1, -0.05) is 6.07 Å². The summed E-state index contributed by atoms with van der Waals surface area (Å²) in [6, 6.07) is 15.8. The fourth-order valence-corrected chi connectivity index (χ4v) is 3.83. The molecule has 0 atom stereocenters. The number of sulfonamides is 1. The van der Waals surface area contributed by atoms with Gasteiger partial charge in [0.15, 0.2) is 0 Å². The molecule has 6 nitrogen and oxygen atoms in total. The predicted molar refractivity (Wildman–Crippen MR) is 112 cm³/mol. The maximum Gasteiger partial charge on any atom is 0.263 e. The van der Waals surface area contributed by atoms with E-state index in [2.05, 4.69) is 21.1 Å². The van der Waals surface area contributed by atoms with Crippen molar-refractivity contribution >= 4 is 27.2 Å². The average molecular weight is 398 g/mol. The Morgan fingerprint density at radius 1 is 0.929 bits per heavy atom. The lowest BCUT2D eigenvalue weighted by atomic mass is 10.1. The molecular formula is C21H23N3O3S.